The summed E-state index contributed by atoms with van der Waals surface area (Å²) in [5, 5.41) is 17.9. The molecule has 0 aliphatic heterocycles. The maximum Gasteiger partial charge on any atom is 0.336 e. The Kier molecular flexibility index (Phi) is 4.36. The van der Waals surface area contributed by atoms with Crippen LogP contribution < -0.4 is 4.74 Å². The van der Waals surface area contributed by atoms with Gasteiger partial charge in [0.05, 0.1) is 16.6 Å². The van der Waals surface area contributed by atoms with Gasteiger partial charge in [-0.15, -0.1) is 0 Å². The molecule has 0 amide bonds. The third kappa shape index (κ3) is 2.97. The minimum absolute atomic E-state index is 0.100. The van der Waals surface area contributed by atoms with Gasteiger partial charge in [-0.2, -0.15) is 0 Å². The van der Waals surface area contributed by atoms with Gasteiger partial charge in [0.2, 0.25) is 0 Å². The Morgan fingerprint density at radius 2 is 2.05 bits per heavy atom. The van der Waals surface area contributed by atoms with Crippen molar-refractivity contribution in [1.29, 1.82) is 0 Å². The minimum Gasteiger partial charge on any atom is -0.478 e. The van der Waals surface area contributed by atoms with Crippen molar-refractivity contribution in [1.82, 2.24) is 0 Å². The first kappa shape index (κ1) is 14.5. The van der Waals surface area contributed by atoms with Crippen LogP contribution in [-0.4, -0.2) is 16.2 Å². The van der Waals surface area contributed by atoms with Gasteiger partial charge in [-0.05, 0) is 45.8 Å². The SMILES string of the molecule is O=C(O)c1ccc(Oc2cccc(CO)c2)c(F)c1Br. The zero-order chi connectivity index (χ0) is 14.7. The molecule has 0 fully saturated rings. The summed E-state index contributed by atoms with van der Waals surface area (Å²) in [6, 6.07) is 9.04. The Morgan fingerprint density at radius 3 is 2.70 bits per heavy atom. The highest BCUT2D eigenvalue weighted by Gasteiger charge is 2.17. The number of rotatable bonds is 4. The quantitative estimate of drug-likeness (QED) is 0.892. The largest absolute Gasteiger partial charge is 0.478 e. The molecule has 2 rings (SSSR count). The topological polar surface area (TPSA) is 66.8 Å². The molecular formula is C14H10BrFO4. The molecule has 0 aliphatic carbocycles. The lowest BCUT2D eigenvalue weighted by Gasteiger charge is -2.10. The number of benzene rings is 2. The number of hydrogen-bond donors (Lipinski definition) is 2. The van der Waals surface area contributed by atoms with E-state index < -0.39 is 11.8 Å². The Bertz CT molecular complexity index is 658. The van der Waals surface area contributed by atoms with E-state index in [0.717, 1.165) is 0 Å². The molecule has 2 N–H and O–H groups in total. The second-order valence-corrected chi connectivity index (χ2v) is 4.74. The smallest absolute Gasteiger partial charge is 0.336 e. The molecule has 0 atom stereocenters. The van der Waals surface area contributed by atoms with Crippen molar-refractivity contribution in [3.05, 3.63) is 57.8 Å². The van der Waals surface area contributed by atoms with Gasteiger partial charge in [0.15, 0.2) is 11.6 Å². The van der Waals surface area contributed by atoms with E-state index in [9.17, 15) is 9.18 Å². The van der Waals surface area contributed by atoms with Crippen LogP contribution in [0.4, 0.5) is 4.39 Å². The van der Waals surface area contributed by atoms with E-state index in [4.69, 9.17) is 14.9 Å². The lowest BCUT2D eigenvalue weighted by atomic mass is 10.2. The van der Waals surface area contributed by atoms with Crippen LogP contribution in [-0.2, 0) is 6.61 Å². The molecule has 0 aliphatic rings. The van der Waals surface area contributed by atoms with Crippen molar-refractivity contribution in [2.45, 2.75) is 6.61 Å². The van der Waals surface area contributed by atoms with Gasteiger partial charge in [0, 0.05) is 0 Å². The molecule has 0 heterocycles. The maximum atomic E-state index is 14.0. The maximum absolute atomic E-state index is 14.0. The van der Waals surface area contributed by atoms with Crippen LogP contribution in [0.5, 0.6) is 11.5 Å². The van der Waals surface area contributed by atoms with Crippen LogP contribution in [0.1, 0.15) is 15.9 Å². The summed E-state index contributed by atoms with van der Waals surface area (Å²) >= 11 is 2.90. The van der Waals surface area contributed by atoms with E-state index in [1.807, 2.05) is 0 Å². The fraction of sp³-hybridized carbons (Fsp3) is 0.0714. The second-order valence-electron chi connectivity index (χ2n) is 3.95. The van der Waals surface area contributed by atoms with Gasteiger partial charge in [0.1, 0.15) is 5.75 Å². The summed E-state index contributed by atoms with van der Waals surface area (Å²) in [4.78, 5) is 10.9. The van der Waals surface area contributed by atoms with Gasteiger partial charge < -0.3 is 14.9 Å². The second kappa shape index (κ2) is 6.02. The summed E-state index contributed by atoms with van der Waals surface area (Å²) in [5.41, 5.74) is 0.447. The lowest BCUT2D eigenvalue weighted by molar-refractivity contribution is 0.0695. The summed E-state index contributed by atoms with van der Waals surface area (Å²) in [5.74, 6) is -1.77. The normalized spacial score (nSPS) is 10.3. The fourth-order valence-corrected chi connectivity index (χ4v) is 2.11. The molecule has 20 heavy (non-hydrogen) atoms. The van der Waals surface area contributed by atoms with Crippen LogP contribution >= 0.6 is 15.9 Å². The molecule has 2 aromatic carbocycles. The van der Waals surface area contributed by atoms with Crippen molar-refractivity contribution in [2.75, 3.05) is 0 Å². The lowest BCUT2D eigenvalue weighted by Crippen LogP contribution is -2.00. The molecule has 6 heteroatoms. The van der Waals surface area contributed by atoms with Crippen molar-refractivity contribution in [3.8, 4) is 11.5 Å². The number of halogens is 2. The van der Waals surface area contributed by atoms with E-state index in [0.29, 0.717) is 11.3 Å². The number of carboxylic acid groups (broad SMARTS) is 1. The first-order chi connectivity index (χ1) is 9.52. The van der Waals surface area contributed by atoms with Gasteiger partial charge in [-0.25, -0.2) is 9.18 Å². The number of aliphatic hydroxyl groups is 1. The number of carbonyl (C=O) groups is 1. The third-order valence-electron chi connectivity index (χ3n) is 2.59. The van der Waals surface area contributed by atoms with Crippen LogP contribution in [0.3, 0.4) is 0 Å². The molecule has 0 saturated carbocycles. The first-order valence-corrected chi connectivity index (χ1v) is 6.41. The van der Waals surface area contributed by atoms with Crippen LogP contribution in [0.2, 0.25) is 0 Å². The molecule has 4 nitrogen and oxygen atoms in total. The zero-order valence-corrected chi connectivity index (χ0v) is 11.7. The van der Waals surface area contributed by atoms with E-state index in [2.05, 4.69) is 15.9 Å². The summed E-state index contributed by atoms with van der Waals surface area (Å²) < 4.78 is 19.2. The van der Waals surface area contributed by atoms with E-state index >= 15 is 0 Å². The Balaban J connectivity index is 2.34. The minimum atomic E-state index is -1.23. The number of aliphatic hydroxyl groups excluding tert-OH is 1. The number of hydrogen-bond acceptors (Lipinski definition) is 3. The van der Waals surface area contributed by atoms with Gasteiger partial charge >= 0.3 is 5.97 Å². The monoisotopic (exact) mass is 340 g/mol. The first-order valence-electron chi connectivity index (χ1n) is 5.62. The van der Waals surface area contributed by atoms with Gasteiger partial charge in [-0.1, -0.05) is 12.1 Å². The molecular weight excluding hydrogens is 331 g/mol. The van der Waals surface area contributed by atoms with E-state index in [-0.39, 0.29) is 22.4 Å². The number of aromatic carboxylic acids is 1. The van der Waals surface area contributed by atoms with E-state index in [1.165, 1.54) is 12.1 Å². The van der Waals surface area contributed by atoms with Gasteiger partial charge in [0.25, 0.3) is 0 Å². The highest BCUT2D eigenvalue weighted by molar-refractivity contribution is 9.10. The highest BCUT2D eigenvalue weighted by Crippen LogP contribution is 2.32. The predicted octanol–water partition coefficient (Wildman–Crippen LogP) is 3.57. The molecule has 0 unspecified atom stereocenters. The molecule has 0 radical (unpaired) electrons. The summed E-state index contributed by atoms with van der Waals surface area (Å²) in [6.45, 7) is -0.151. The fourth-order valence-electron chi connectivity index (χ4n) is 1.61. The van der Waals surface area contributed by atoms with Crippen LogP contribution in [0.25, 0.3) is 0 Å². The van der Waals surface area contributed by atoms with Crippen molar-refractivity contribution < 1.29 is 24.1 Å². The molecule has 104 valence electrons. The average Bonchev–Trinajstić information content (AvgIpc) is 2.44. The molecule has 0 bridgehead atoms. The van der Waals surface area contributed by atoms with Crippen molar-refractivity contribution >= 4 is 21.9 Å². The number of carboxylic acids is 1. The van der Waals surface area contributed by atoms with Crippen LogP contribution in [0, 0.1) is 5.82 Å². The highest BCUT2D eigenvalue weighted by atomic mass is 79.9. The number of ether oxygens (including phenoxy) is 1. The molecule has 0 spiro atoms. The standard InChI is InChI=1S/C14H10BrFO4/c15-12-10(14(18)19)4-5-11(13(12)16)20-9-3-1-2-8(6-9)7-17/h1-6,17H,7H2,(H,18,19). The van der Waals surface area contributed by atoms with Gasteiger partial charge in [-0.3, -0.25) is 0 Å². The van der Waals surface area contributed by atoms with Crippen molar-refractivity contribution in [2.24, 2.45) is 0 Å². The molecule has 0 saturated heterocycles. The Morgan fingerprint density at radius 1 is 1.30 bits per heavy atom. The predicted molar refractivity (Wildman–Crippen MR) is 73.5 cm³/mol. The third-order valence-corrected chi connectivity index (χ3v) is 3.36. The molecule has 2 aromatic rings. The molecule has 0 aromatic heterocycles. The average molecular weight is 341 g/mol. The zero-order valence-electron chi connectivity index (χ0n) is 10.1. The van der Waals surface area contributed by atoms with Crippen molar-refractivity contribution in [3.63, 3.8) is 0 Å². The Labute approximate surface area is 122 Å². The van der Waals surface area contributed by atoms with Crippen LogP contribution in [0.15, 0.2) is 40.9 Å². The Hall–Kier alpha value is -1.92. The van der Waals surface area contributed by atoms with E-state index in [1.54, 1.807) is 24.3 Å². The summed E-state index contributed by atoms with van der Waals surface area (Å²) in [7, 11) is 0. The summed E-state index contributed by atoms with van der Waals surface area (Å²) in [6.07, 6.45) is 0.